The van der Waals surface area contributed by atoms with Crippen molar-refractivity contribution in [3.63, 3.8) is 0 Å². The summed E-state index contributed by atoms with van der Waals surface area (Å²) >= 11 is 0. The van der Waals surface area contributed by atoms with E-state index in [-0.39, 0.29) is 11.5 Å². The largest absolute Gasteiger partial charge is 0.548 e. The zero-order chi connectivity index (χ0) is 13.5. The van der Waals surface area contributed by atoms with E-state index in [1.807, 2.05) is 0 Å². The number of aliphatic carboxylic acids is 1. The summed E-state index contributed by atoms with van der Waals surface area (Å²) < 4.78 is 4.90. The zero-order valence-electron chi connectivity index (χ0n) is 9.67. The van der Waals surface area contributed by atoms with Crippen LogP contribution in [0.1, 0.15) is 5.56 Å². The highest BCUT2D eigenvalue weighted by molar-refractivity contribution is 5.93. The highest BCUT2D eigenvalue weighted by Crippen LogP contribution is 2.26. The Balaban J connectivity index is 2.66. The number of rotatable bonds is 5. The first-order valence-electron chi connectivity index (χ1n) is 5.05. The molecule has 0 saturated carbocycles. The van der Waals surface area contributed by atoms with Crippen LogP contribution in [0.25, 0.3) is 6.08 Å². The third-order valence-electron chi connectivity index (χ3n) is 2.04. The summed E-state index contributed by atoms with van der Waals surface area (Å²) in [6.07, 6.45) is 2.64. The fourth-order valence-electron chi connectivity index (χ4n) is 1.19. The number of phenolic OH excluding ortho intramolecular Hbond substituents is 1. The summed E-state index contributed by atoms with van der Waals surface area (Å²) in [5, 5.41) is 21.6. The fraction of sp³-hybridized carbons (Fsp3) is 0.167. The van der Waals surface area contributed by atoms with Crippen molar-refractivity contribution in [2.75, 3.05) is 13.7 Å². The highest BCUT2D eigenvalue weighted by Gasteiger charge is 2.01. The van der Waals surface area contributed by atoms with E-state index in [1.54, 1.807) is 6.07 Å². The number of nitrogens with one attached hydrogen (secondary N) is 1. The molecule has 0 aromatic heterocycles. The lowest BCUT2D eigenvalue weighted by Crippen LogP contribution is -2.36. The molecule has 0 atom stereocenters. The summed E-state index contributed by atoms with van der Waals surface area (Å²) in [7, 11) is 1.41. The van der Waals surface area contributed by atoms with E-state index in [0.29, 0.717) is 5.56 Å². The average Bonchev–Trinajstić information content (AvgIpc) is 2.35. The second-order valence-electron chi connectivity index (χ2n) is 3.35. The van der Waals surface area contributed by atoms with Gasteiger partial charge in [0, 0.05) is 6.08 Å². The molecular formula is C12H12NO5-. The molecular weight excluding hydrogens is 238 g/mol. The first-order valence-corrected chi connectivity index (χ1v) is 5.05. The van der Waals surface area contributed by atoms with Gasteiger partial charge in [0.1, 0.15) is 0 Å². The quantitative estimate of drug-likeness (QED) is 0.672. The van der Waals surface area contributed by atoms with Crippen molar-refractivity contribution in [2.24, 2.45) is 0 Å². The van der Waals surface area contributed by atoms with Gasteiger partial charge in [-0.2, -0.15) is 0 Å². The van der Waals surface area contributed by atoms with Crippen molar-refractivity contribution < 1.29 is 24.5 Å². The van der Waals surface area contributed by atoms with Crippen LogP contribution in [-0.2, 0) is 9.59 Å². The third-order valence-corrected chi connectivity index (χ3v) is 2.04. The monoisotopic (exact) mass is 250 g/mol. The summed E-state index contributed by atoms with van der Waals surface area (Å²) in [5.74, 6) is -1.63. The van der Waals surface area contributed by atoms with Gasteiger partial charge in [-0.05, 0) is 23.8 Å². The second kappa shape index (κ2) is 6.29. The van der Waals surface area contributed by atoms with Crippen LogP contribution in [0.3, 0.4) is 0 Å². The normalized spacial score (nSPS) is 10.3. The van der Waals surface area contributed by atoms with Gasteiger partial charge >= 0.3 is 0 Å². The van der Waals surface area contributed by atoms with E-state index in [0.717, 1.165) is 0 Å². The van der Waals surface area contributed by atoms with Crippen molar-refractivity contribution in [1.82, 2.24) is 5.32 Å². The number of ether oxygens (including phenoxy) is 1. The van der Waals surface area contributed by atoms with Gasteiger partial charge in [0.2, 0.25) is 5.91 Å². The molecule has 0 aliphatic carbocycles. The highest BCUT2D eigenvalue weighted by atomic mass is 16.5. The Bertz CT molecular complexity index is 481. The van der Waals surface area contributed by atoms with Gasteiger partial charge in [-0.25, -0.2) is 0 Å². The Hall–Kier alpha value is -2.50. The van der Waals surface area contributed by atoms with Crippen molar-refractivity contribution in [3.8, 4) is 11.5 Å². The summed E-state index contributed by atoms with van der Waals surface area (Å²) in [4.78, 5) is 21.3. The number of carboxylic acid groups (broad SMARTS) is 1. The maximum Gasteiger partial charge on any atom is 0.244 e. The molecule has 1 aromatic carbocycles. The van der Waals surface area contributed by atoms with Crippen molar-refractivity contribution in [1.29, 1.82) is 0 Å². The first-order chi connectivity index (χ1) is 8.52. The first kappa shape index (κ1) is 13.6. The SMILES string of the molecule is COc1cc(/C=C/C(=O)NCC(=O)[O-])ccc1O. The van der Waals surface area contributed by atoms with Crippen LogP contribution in [0.15, 0.2) is 24.3 Å². The molecule has 0 unspecified atom stereocenters. The Labute approximate surface area is 104 Å². The molecule has 0 radical (unpaired) electrons. The van der Waals surface area contributed by atoms with Crippen molar-refractivity contribution >= 4 is 18.0 Å². The van der Waals surface area contributed by atoms with Crippen LogP contribution in [0.5, 0.6) is 11.5 Å². The van der Waals surface area contributed by atoms with Gasteiger partial charge < -0.3 is 25.1 Å². The number of amides is 1. The Morgan fingerprint density at radius 2 is 2.22 bits per heavy atom. The van der Waals surface area contributed by atoms with E-state index < -0.39 is 18.4 Å². The molecule has 0 spiro atoms. The summed E-state index contributed by atoms with van der Waals surface area (Å²) in [6.45, 7) is -0.540. The number of methoxy groups -OCH3 is 1. The molecule has 1 rings (SSSR count). The van der Waals surface area contributed by atoms with Gasteiger partial charge in [-0.1, -0.05) is 6.07 Å². The maximum absolute atomic E-state index is 11.2. The minimum Gasteiger partial charge on any atom is -0.548 e. The number of phenols is 1. The molecule has 2 N–H and O–H groups in total. The number of benzene rings is 1. The van der Waals surface area contributed by atoms with Crippen LogP contribution in [0.2, 0.25) is 0 Å². The topological polar surface area (TPSA) is 98.7 Å². The Morgan fingerprint density at radius 3 is 2.83 bits per heavy atom. The molecule has 0 aliphatic heterocycles. The molecule has 0 heterocycles. The number of carbonyl (C=O) groups is 2. The fourth-order valence-corrected chi connectivity index (χ4v) is 1.19. The van der Waals surface area contributed by atoms with Gasteiger partial charge in [-0.3, -0.25) is 4.79 Å². The molecule has 0 fully saturated rings. The number of carboxylic acids is 1. The smallest absolute Gasteiger partial charge is 0.244 e. The molecule has 0 saturated heterocycles. The minimum atomic E-state index is -1.36. The van der Waals surface area contributed by atoms with E-state index in [2.05, 4.69) is 5.32 Å². The molecule has 6 heteroatoms. The molecule has 18 heavy (non-hydrogen) atoms. The zero-order valence-corrected chi connectivity index (χ0v) is 9.67. The molecule has 1 aromatic rings. The Morgan fingerprint density at radius 1 is 1.50 bits per heavy atom. The van der Waals surface area contributed by atoms with Crippen LogP contribution in [0.4, 0.5) is 0 Å². The lowest BCUT2D eigenvalue weighted by Gasteiger charge is -2.04. The van der Waals surface area contributed by atoms with E-state index in [9.17, 15) is 19.8 Å². The summed E-state index contributed by atoms with van der Waals surface area (Å²) in [5.41, 5.74) is 0.633. The van der Waals surface area contributed by atoms with Gasteiger partial charge in [0.05, 0.1) is 19.6 Å². The van der Waals surface area contributed by atoms with Crippen LogP contribution < -0.4 is 15.2 Å². The minimum absolute atomic E-state index is 0.00365. The number of hydrogen-bond acceptors (Lipinski definition) is 5. The average molecular weight is 250 g/mol. The van der Waals surface area contributed by atoms with E-state index >= 15 is 0 Å². The van der Waals surface area contributed by atoms with E-state index in [4.69, 9.17) is 4.74 Å². The van der Waals surface area contributed by atoms with Gasteiger partial charge in [0.25, 0.3) is 0 Å². The molecule has 0 bridgehead atoms. The van der Waals surface area contributed by atoms with Crippen LogP contribution in [0, 0.1) is 0 Å². The standard InChI is InChI=1S/C12H13NO5/c1-18-10-6-8(2-4-9(10)14)3-5-11(15)13-7-12(16)17/h2-6,14H,7H2,1H3,(H,13,15)(H,16,17)/p-1/b5-3+. The predicted molar refractivity (Wildman–Crippen MR) is 61.7 cm³/mol. The summed E-state index contributed by atoms with van der Waals surface area (Å²) in [6, 6.07) is 4.55. The maximum atomic E-state index is 11.2. The van der Waals surface area contributed by atoms with Crippen molar-refractivity contribution in [2.45, 2.75) is 0 Å². The lowest BCUT2D eigenvalue weighted by molar-refractivity contribution is -0.303. The number of aromatic hydroxyl groups is 1. The molecule has 96 valence electrons. The van der Waals surface area contributed by atoms with E-state index in [1.165, 1.54) is 31.4 Å². The number of hydrogen-bond donors (Lipinski definition) is 2. The second-order valence-corrected chi connectivity index (χ2v) is 3.35. The van der Waals surface area contributed by atoms with Crippen molar-refractivity contribution in [3.05, 3.63) is 29.8 Å². The van der Waals surface area contributed by atoms with Gasteiger partial charge in [-0.15, -0.1) is 0 Å². The van der Waals surface area contributed by atoms with Crippen LogP contribution >= 0.6 is 0 Å². The van der Waals surface area contributed by atoms with Crippen LogP contribution in [-0.4, -0.2) is 30.6 Å². The Kier molecular flexibility index (Phi) is 4.74. The predicted octanol–water partition coefficient (Wildman–Crippen LogP) is -0.720. The third kappa shape index (κ3) is 4.17. The lowest BCUT2D eigenvalue weighted by atomic mass is 10.2. The number of carbonyl (C=O) groups excluding carboxylic acids is 2. The molecule has 1 amide bonds. The molecule has 0 aliphatic rings. The molecule has 6 nitrogen and oxygen atoms in total. The van der Waals surface area contributed by atoms with Gasteiger partial charge in [0.15, 0.2) is 11.5 Å².